The van der Waals surface area contributed by atoms with Crippen molar-refractivity contribution in [1.82, 2.24) is 15.5 Å². The van der Waals surface area contributed by atoms with Crippen LogP contribution in [0.5, 0.6) is 0 Å². The first-order valence-corrected chi connectivity index (χ1v) is 5.41. The Balaban J connectivity index is 0.00000128. The van der Waals surface area contributed by atoms with E-state index in [0.29, 0.717) is 11.7 Å². The van der Waals surface area contributed by atoms with Crippen LogP contribution in [-0.4, -0.2) is 30.3 Å². The predicted molar refractivity (Wildman–Crippen MR) is 61.8 cm³/mol. The fourth-order valence-electron chi connectivity index (χ4n) is 1.75. The molecule has 0 radical (unpaired) electrons. The van der Waals surface area contributed by atoms with Crippen LogP contribution in [0.2, 0.25) is 0 Å². The molecular formula is C10H18ClN3O2. The number of likely N-dealkylation sites (N-methyl/N-ethyl adjacent to an activating group) is 1. The fraction of sp³-hybridized carbons (Fsp3) is 0.800. The summed E-state index contributed by atoms with van der Waals surface area (Å²) in [6, 6.07) is 0. The van der Waals surface area contributed by atoms with Gasteiger partial charge in [0, 0.05) is 19.1 Å². The van der Waals surface area contributed by atoms with Gasteiger partial charge in [0.15, 0.2) is 0 Å². The first-order valence-electron chi connectivity index (χ1n) is 5.41. The third kappa shape index (κ3) is 2.93. The van der Waals surface area contributed by atoms with Crippen LogP contribution in [0.1, 0.15) is 43.5 Å². The zero-order chi connectivity index (χ0) is 10.7. The highest BCUT2D eigenvalue weighted by molar-refractivity contribution is 5.85. The molecule has 1 aliphatic rings. The van der Waals surface area contributed by atoms with Crippen molar-refractivity contribution in [3.8, 4) is 0 Å². The van der Waals surface area contributed by atoms with Gasteiger partial charge in [-0.15, -0.1) is 12.4 Å². The standard InChI is InChI=1S/C10H17N3O2.ClH/c1-7(6-11-2)10-12-9(13-15-10)8-4-3-5-14-8;/h7-8,11H,3-6H2,1-2H3;1H. The van der Waals surface area contributed by atoms with Gasteiger partial charge in [-0.05, 0) is 19.9 Å². The van der Waals surface area contributed by atoms with Gasteiger partial charge in [0.1, 0.15) is 6.10 Å². The minimum Gasteiger partial charge on any atom is -0.370 e. The van der Waals surface area contributed by atoms with Crippen molar-refractivity contribution in [3.63, 3.8) is 0 Å². The number of hydrogen-bond acceptors (Lipinski definition) is 5. The Kier molecular flexibility index (Phi) is 5.18. The maximum atomic E-state index is 5.49. The van der Waals surface area contributed by atoms with Gasteiger partial charge in [0.25, 0.3) is 0 Å². The lowest BCUT2D eigenvalue weighted by atomic mass is 10.2. The first kappa shape index (κ1) is 13.4. The van der Waals surface area contributed by atoms with E-state index in [4.69, 9.17) is 9.26 Å². The number of ether oxygens (including phenoxy) is 1. The summed E-state index contributed by atoms with van der Waals surface area (Å²) >= 11 is 0. The van der Waals surface area contributed by atoms with Crippen LogP contribution < -0.4 is 5.32 Å². The van der Waals surface area contributed by atoms with Crippen LogP contribution in [0.4, 0.5) is 0 Å². The van der Waals surface area contributed by atoms with Crippen molar-refractivity contribution in [1.29, 1.82) is 0 Å². The molecule has 1 aromatic rings. The van der Waals surface area contributed by atoms with Crippen molar-refractivity contribution >= 4 is 12.4 Å². The summed E-state index contributed by atoms with van der Waals surface area (Å²) in [4.78, 5) is 4.37. The van der Waals surface area contributed by atoms with Crippen molar-refractivity contribution in [2.24, 2.45) is 0 Å². The van der Waals surface area contributed by atoms with Gasteiger partial charge in [-0.3, -0.25) is 0 Å². The molecule has 92 valence electrons. The Morgan fingerprint density at radius 3 is 3.00 bits per heavy atom. The lowest BCUT2D eigenvalue weighted by Gasteiger charge is -2.04. The van der Waals surface area contributed by atoms with Crippen LogP contribution >= 0.6 is 12.4 Å². The second-order valence-electron chi connectivity index (χ2n) is 3.95. The van der Waals surface area contributed by atoms with Gasteiger partial charge in [0.2, 0.25) is 11.7 Å². The van der Waals surface area contributed by atoms with Gasteiger partial charge in [-0.2, -0.15) is 4.98 Å². The number of halogens is 1. The van der Waals surface area contributed by atoms with E-state index in [0.717, 1.165) is 26.0 Å². The zero-order valence-corrected chi connectivity index (χ0v) is 10.4. The Morgan fingerprint density at radius 2 is 2.38 bits per heavy atom. The van der Waals surface area contributed by atoms with Crippen LogP contribution in [0, 0.1) is 0 Å². The van der Waals surface area contributed by atoms with Crippen molar-refractivity contribution in [2.45, 2.75) is 31.8 Å². The van der Waals surface area contributed by atoms with E-state index in [1.807, 2.05) is 7.05 Å². The largest absolute Gasteiger partial charge is 0.370 e. The molecule has 0 spiro atoms. The van der Waals surface area contributed by atoms with Crippen LogP contribution in [0.15, 0.2) is 4.52 Å². The third-order valence-electron chi connectivity index (χ3n) is 2.61. The summed E-state index contributed by atoms with van der Waals surface area (Å²) in [7, 11) is 1.91. The van der Waals surface area contributed by atoms with E-state index in [1.165, 1.54) is 0 Å². The van der Waals surface area contributed by atoms with E-state index in [-0.39, 0.29) is 24.4 Å². The molecule has 5 nitrogen and oxygen atoms in total. The number of hydrogen-bond donors (Lipinski definition) is 1. The molecule has 2 unspecified atom stereocenters. The summed E-state index contributed by atoms with van der Waals surface area (Å²) in [5, 5.41) is 7.05. The Morgan fingerprint density at radius 1 is 1.56 bits per heavy atom. The predicted octanol–water partition coefficient (Wildman–Crippen LogP) is 1.67. The molecule has 1 aromatic heterocycles. The molecule has 2 atom stereocenters. The minimum absolute atomic E-state index is 0. The summed E-state index contributed by atoms with van der Waals surface area (Å²) in [5.41, 5.74) is 0. The molecular weight excluding hydrogens is 230 g/mol. The summed E-state index contributed by atoms with van der Waals surface area (Å²) in [5.74, 6) is 1.64. The zero-order valence-electron chi connectivity index (χ0n) is 9.60. The van der Waals surface area contributed by atoms with Gasteiger partial charge >= 0.3 is 0 Å². The second kappa shape index (κ2) is 6.18. The Labute approximate surface area is 101 Å². The monoisotopic (exact) mass is 247 g/mol. The average Bonchev–Trinajstić information content (AvgIpc) is 2.89. The molecule has 1 fully saturated rings. The van der Waals surface area contributed by atoms with Crippen LogP contribution in [-0.2, 0) is 4.74 Å². The topological polar surface area (TPSA) is 60.2 Å². The first-order chi connectivity index (χ1) is 7.31. The van der Waals surface area contributed by atoms with Gasteiger partial charge < -0.3 is 14.6 Å². The number of rotatable bonds is 4. The number of aromatic nitrogens is 2. The molecule has 2 rings (SSSR count). The Bertz CT molecular complexity index is 313. The minimum atomic E-state index is 0. The molecule has 0 aliphatic carbocycles. The normalized spacial score (nSPS) is 21.8. The van der Waals surface area contributed by atoms with E-state index < -0.39 is 0 Å². The van der Waals surface area contributed by atoms with Crippen molar-refractivity contribution in [3.05, 3.63) is 11.7 Å². The van der Waals surface area contributed by atoms with Gasteiger partial charge in [-0.1, -0.05) is 12.1 Å². The SMILES string of the molecule is CNCC(C)c1nc(C2CCCO2)no1.Cl. The quantitative estimate of drug-likeness (QED) is 0.877. The second-order valence-corrected chi connectivity index (χ2v) is 3.95. The molecule has 1 aliphatic heterocycles. The smallest absolute Gasteiger partial charge is 0.230 e. The molecule has 1 N–H and O–H groups in total. The highest BCUT2D eigenvalue weighted by Crippen LogP contribution is 2.27. The molecule has 0 saturated carbocycles. The van der Waals surface area contributed by atoms with Gasteiger partial charge in [-0.25, -0.2) is 0 Å². The Hall–Kier alpha value is -0.650. The molecule has 0 amide bonds. The molecule has 0 aromatic carbocycles. The highest BCUT2D eigenvalue weighted by atomic mass is 35.5. The number of nitrogens with zero attached hydrogens (tertiary/aromatic N) is 2. The lowest BCUT2D eigenvalue weighted by molar-refractivity contribution is 0.103. The molecule has 1 saturated heterocycles. The van der Waals surface area contributed by atoms with E-state index in [1.54, 1.807) is 0 Å². The summed E-state index contributed by atoms with van der Waals surface area (Å²) < 4.78 is 10.7. The van der Waals surface area contributed by atoms with E-state index >= 15 is 0 Å². The maximum absolute atomic E-state index is 5.49. The molecule has 2 heterocycles. The van der Waals surface area contributed by atoms with Crippen LogP contribution in [0.3, 0.4) is 0 Å². The van der Waals surface area contributed by atoms with Crippen molar-refractivity contribution < 1.29 is 9.26 Å². The number of nitrogens with one attached hydrogen (secondary N) is 1. The highest BCUT2D eigenvalue weighted by Gasteiger charge is 2.24. The molecule has 16 heavy (non-hydrogen) atoms. The third-order valence-corrected chi connectivity index (χ3v) is 2.61. The van der Waals surface area contributed by atoms with Crippen LogP contribution in [0.25, 0.3) is 0 Å². The maximum Gasteiger partial charge on any atom is 0.230 e. The van der Waals surface area contributed by atoms with E-state index in [9.17, 15) is 0 Å². The average molecular weight is 248 g/mol. The molecule has 6 heteroatoms. The van der Waals surface area contributed by atoms with Crippen molar-refractivity contribution in [2.75, 3.05) is 20.2 Å². The summed E-state index contributed by atoms with van der Waals surface area (Å²) in [6.07, 6.45) is 2.13. The lowest BCUT2D eigenvalue weighted by Crippen LogP contribution is -2.15. The fourth-order valence-corrected chi connectivity index (χ4v) is 1.75. The summed E-state index contributed by atoms with van der Waals surface area (Å²) in [6.45, 7) is 3.71. The van der Waals surface area contributed by atoms with E-state index in [2.05, 4.69) is 22.4 Å². The molecule has 0 bridgehead atoms. The van der Waals surface area contributed by atoms with Gasteiger partial charge in [0.05, 0.1) is 0 Å².